The monoisotopic (exact) mass is 500 g/mol. The van der Waals surface area contributed by atoms with E-state index in [4.69, 9.17) is 17.2 Å². The summed E-state index contributed by atoms with van der Waals surface area (Å²) in [7, 11) is 0. The number of carboxylic acid groups (broad SMARTS) is 1. The minimum absolute atomic E-state index is 0.100. The smallest absolute Gasteiger partial charge is 0.326 e. The largest absolute Gasteiger partial charge is 0.480 e. The van der Waals surface area contributed by atoms with Crippen LogP contribution < -0.4 is 33.2 Å². The summed E-state index contributed by atoms with van der Waals surface area (Å²) in [4.78, 5) is 61.5. The second-order valence-electron chi connectivity index (χ2n) is 9.03. The van der Waals surface area contributed by atoms with E-state index in [-0.39, 0.29) is 31.1 Å². The highest BCUT2D eigenvalue weighted by Gasteiger charge is 2.33. The van der Waals surface area contributed by atoms with Crippen molar-refractivity contribution in [3.05, 3.63) is 0 Å². The SMILES string of the molecule is CCC(C)C(N)C(=O)NC(C(=O)NC(CCC(N)=O)C(=O)NC(CCCCN)C(=O)O)C(C)CC. The highest BCUT2D eigenvalue weighted by atomic mass is 16.4. The number of aliphatic carboxylic acids is 1. The summed E-state index contributed by atoms with van der Waals surface area (Å²) < 4.78 is 0. The van der Waals surface area contributed by atoms with Gasteiger partial charge in [0.2, 0.25) is 23.6 Å². The van der Waals surface area contributed by atoms with Gasteiger partial charge in [-0.3, -0.25) is 19.2 Å². The highest BCUT2D eigenvalue weighted by molar-refractivity contribution is 5.94. The molecule has 0 saturated carbocycles. The van der Waals surface area contributed by atoms with Gasteiger partial charge in [0, 0.05) is 6.42 Å². The second kappa shape index (κ2) is 16.8. The molecule has 0 heterocycles. The quantitative estimate of drug-likeness (QED) is 0.119. The number of rotatable bonds is 18. The second-order valence-corrected chi connectivity index (χ2v) is 9.03. The molecule has 0 rings (SSSR count). The van der Waals surface area contributed by atoms with Crippen LogP contribution in [-0.4, -0.2) is 65.4 Å². The molecule has 0 aromatic heterocycles. The van der Waals surface area contributed by atoms with E-state index in [1.807, 2.05) is 20.8 Å². The van der Waals surface area contributed by atoms with E-state index in [1.165, 1.54) is 0 Å². The summed E-state index contributed by atoms with van der Waals surface area (Å²) in [5, 5.41) is 17.1. The zero-order chi connectivity index (χ0) is 27.1. The maximum atomic E-state index is 13.1. The van der Waals surface area contributed by atoms with Crippen LogP contribution in [0, 0.1) is 11.8 Å². The average Bonchev–Trinajstić information content (AvgIpc) is 2.82. The summed E-state index contributed by atoms with van der Waals surface area (Å²) >= 11 is 0. The lowest BCUT2D eigenvalue weighted by Gasteiger charge is -2.28. The molecule has 0 saturated heterocycles. The number of nitrogens with two attached hydrogens (primary N) is 3. The molecule has 4 amide bonds. The molecule has 6 atom stereocenters. The Morgan fingerprint density at radius 3 is 1.86 bits per heavy atom. The molecule has 12 nitrogen and oxygen atoms in total. The molecule has 12 heteroatoms. The summed E-state index contributed by atoms with van der Waals surface area (Å²) in [5.74, 6) is -4.17. The molecule has 0 aliphatic rings. The Labute approximate surface area is 207 Å². The first-order valence-electron chi connectivity index (χ1n) is 12.3. The predicted molar refractivity (Wildman–Crippen MR) is 132 cm³/mol. The van der Waals surface area contributed by atoms with Gasteiger partial charge in [-0.15, -0.1) is 0 Å². The molecule has 0 aliphatic heterocycles. The van der Waals surface area contributed by atoms with Gasteiger partial charge in [0.15, 0.2) is 0 Å². The number of carboxylic acids is 1. The molecule has 0 fully saturated rings. The zero-order valence-electron chi connectivity index (χ0n) is 21.3. The fourth-order valence-electron chi connectivity index (χ4n) is 3.30. The van der Waals surface area contributed by atoms with Crippen LogP contribution in [0.3, 0.4) is 0 Å². The van der Waals surface area contributed by atoms with Crippen LogP contribution in [0.25, 0.3) is 0 Å². The Kier molecular flexibility index (Phi) is 15.5. The molecule has 0 bridgehead atoms. The Morgan fingerprint density at radius 1 is 0.800 bits per heavy atom. The zero-order valence-corrected chi connectivity index (χ0v) is 21.3. The van der Waals surface area contributed by atoms with Crippen LogP contribution in [-0.2, 0) is 24.0 Å². The average molecular weight is 501 g/mol. The maximum absolute atomic E-state index is 13.1. The van der Waals surface area contributed by atoms with Crippen molar-refractivity contribution in [1.29, 1.82) is 0 Å². The number of primary amides is 1. The third-order valence-corrected chi connectivity index (χ3v) is 6.23. The number of carbonyl (C=O) groups is 5. The van der Waals surface area contributed by atoms with Gasteiger partial charge >= 0.3 is 5.97 Å². The molecule has 0 aromatic rings. The molecule has 0 aromatic carbocycles. The highest BCUT2D eigenvalue weighted by Crippen LogP contribution is 2.12. The number of amides is 4. The minimum atomic E-state index is -1.22. The Balaban J connectivity index is 5.61. The van der Waals surface area contributed by atoms with Crippen molar-refractivity contribution in [2.24, 2.45) is 29.0 Å². The van der Waals surface area contributed by atoms with E-state index >= 15 is 0 Å². The van der Waals surface area contributed by atoms with Crippen LogP contribution in [0.4, 0.5) is 0 Å². The fourth-order valence-corrected chi connectivity index (χ4v) is 3.30. The summed E-state index contributed by atoms with van der Waals surface area (Å²) in [6, 6.07) is -4.19. The summed E-state index contributed by atoms with van der Waals surface area (Å²) in [6.45, 7) is 7.75. The Hall–Kier alpha value is -2.73. The Bertz CT molecular complexity index is 719. The Morgan fingerprint density at radius 2 is 1.37 bits per heavy atom. The van der Waals surface area contributed by atoms with Crippen molar-refractivity contribution in [2.45, 2.75) is 96.8 Å². The van der Waals surface area contributed by atoms with Gasteiger partial charge < -0.3 is 38.3 Å². The van der Waals surface area contributed by atoms with E-state index in [1.54, 1.807) is 6.92 Å². The molecule has 0 radical (unpaired) electrons. The molecule has 6 unspecified atom stereocenters. The van der Waals surface area contributed by atoms with Crippen molar-refractivity contribution in [1.82, 2.24) is 16.0 Å². The van der Waals surface area contributed by atoms with E-state index in [0.717, 1.165) is 0 Å². The standard InChI is InChI=1S/C23H44N6O6/c1-5-13(3)18(26)21(32)29-19(14(4)6-2)22(33)27-15(10-11-17(25)30)20(31)28-16(23(34)35)9-7-8-12-24/h13-16,18-19H,5-12,24,26H2,1-4H3,(H2,25,30)(H,27,33)(H,28,31)(H,29,32)(H,34,35). The van der Waals surface area contributed by atoms with Crippen molar-refractivity contribution in [2.75, 3.05) is 6.54 Å². The van der Waals surface area contributed by atoms with E-state index in [9.17, 15) is 29.1 Å². The number of carbonyl (C=O) groups excluding carboxylic acids is 4. The van der Waals surface area contributed by atoms with Crippen molar-refractivity contribution in [3.8, 4) is 0 Å². The third kappa shape index (κ3) is 12.0. The summed E-state index contributed by atoms with van der Waals surface area (Å²) in [6.07, 6.45) is 2.14. The fraction of sp³-hybridized carbons (Fsp3) is 0.783. The van der Waals surface area contributed by atoms with Gasteiger partial charge in [0.25, 0.3) is 0 Å². The lowest BCUT2D eigenvalue weighted by atomic mass is 9.95. The van der Waals surface area contributed by atoms with Crippen LogP contribution in [0.15, 0.2) is 0 Å². The normalized spacial score (nSPS) is 16.2. The van der Waals surface area contributed by atoms with Gasteiger partial charge in [-0.25, -0.2) is 4.79 Å². The summed E-state index contributed by atoms with van der Waals surface area (Å²) in [5.41, 5.74) is 16.7. The predicted octanol–water partition coefficient (Wildman–Crippen LogP) is -0.661. The topological polar surface area (TPSA) is 220 Å². The van der Waals surface area contributed by atoms with Crippen molar-refractivity contribution >= 4 is 29.6 Å². The van der Waals surface area contributed by atoms with Gasteiger partial charge in [-0.05, 0) is 44.1 Å². The van der Waals surface area contributed by atoms with Crippen molar-refractivity contribution < 1.29 is 29.1 Å². The van der Waals surface area contributed by atoms with Gasteiger partial charge in [-0.1, -0.05) is 40.5 Å². The molecule has 10 N–H and O–H groups in total. The van der Waals surface area contributed by atoms with E-state index in [0.29, 0.717) is 32.2 Å². The molecule has 202 valence electrons. The van der Waals surface area contributed by atoms with Gasteiger partial charge in [0.1, 0.15) is 18.1 Å². The molecular formula is C23H44N6O6. The van der Waals surface area contributed by atoms with Crippen LogP contribution >= 0.6 is 0 Å². The first-order chi connectivity index (χ1) is 16.4. The van der Waals surface area contributed by atoms with Crippen LogP contribution in [0.5, 0.6) is 0 Å². The van der Waals surface area contributed by atoms with Gasteiger partial charge in [0.05, 0.1) is 6.04 Å². The number of unbranched alkanes of at least 4 members (excludes halogenated alkanes) is 1. The van der Waals surface area contributed by atoms with E-state index < -0.39 is 53.8 Å². The molecule has 35 heavy (non-hydrogen) atoms. The molecule has 0 aliphatic carbocycles. The number of hydrogen-bond acceptors (Lipinski definition) is 7. The van der Waals surface area contributed by atoms with E-state index in [2.05, 4.69) is 16.0 Å². The lowest BCUT2D eigenvalue weighted by molar-refractivity contribution is -0.142. The lowest BCUT2D eigenvalue weighted by Crippen LogP contribution is -2.59. The van der Waals surface area contributed by atoms with Crippen LogP contribution in [0.1, 0.15) is 72.6 Å². The third-order valence-electron chi connectivity index (χ3n) is 6.23. The minimum Gasteiger partial charge on any atom is -0.480 e. The first-order valence-corrected chi connectivity index (χ1v) is 12.3. The van der Waals surface area contributed by atoms with Gasteiger partial charge in [-0.2, -0.15) is 0 Å². The maximum Gasteiger partial charge on any atom is 0.326 e. The number of nitrogens with one attached hydrogen (secondary N) is 3. The van der Waals surface area contributed by atoms with Crippen molar-refractivity contribution in [3.63, 3.8) is 0 Å². The molecule has 0 spiro atoms. The van der Waals surface area contributed by atoms with Crippen LogP contribution in [0.2, 0.25) is 0 Å². The number of hydrogen-bond donors (Lipinski definition) is 7. The molecular weight excluding hydrogens is 456 g/mol. The first kappa shape index (κ1) is 32.3.